The topological polar surface area (TPSA) is 38.0 Å². The molecule has 0 heterocycles. The molecule has 0 amide bonds. The highest BCUT2D eigenvalue weighted by atomic mass is 19.1. The first-order valence-electron chi connectivity index (χ1n) is 7.22. The lowest BCUT2D eigenvalue weighted by atomic mass is 9.75. The Morgan fingerprint density at radius 1 is 1.14 bits per heavy atom. The second kappa shape index (κ2) is 6.37. The van der Waals surface area contributed by atoms with Crippen LogP contribution in [0.25, 0.3) is 0 Å². The highest BCUT2D eigenvalue weighted by Gasteiger charge is 2.30. The van der Waals surface area contributed by atoms with E-state index in [0.717, 1.165) is 11.1 Å². The van der Waals surface area contributed by atoms with Crippen molar-refractivity contribution < 1.29 is 4.39 Å². The van der Waals surface area contributed by atoms with Crippen LogP contribution in [0.4, 0.5) is 4.39 Å². The van der Waals surface area contributed by atoms with E-state index in [1.54, 1.807) is 6.07 Å². The molecule has 0 saturated heterocycles. The third kappa shape index (κ3) is 3.49. The SMILES string of the molecule is Cc1ccc(F)cc1CC(NN)C(C)(C)c1ccccc1. The lowest BCUT2D eigenvalue weighted by Crippen LogP contribution is -2.49. The average molecular weight is 286 g/mol. The van der Waals surface area contributed by atoms with Gasteiger partial charge < -0.3 is 0 Å². The summed E-state index contributed by atoms with van der Waals surface area (Å²) < 4.78 is 13.5. The van der Waals surface area contributed by atoms with Crippen LogP contribution in [0, 0.1) is 12.7 Å². The van der Waals surface area contributed by atoms with Gasteiger partial charge in [-0.3, -0.25) is 11.3 Å². The number of nitrogens with two attached hydrogens (primary N) is 1. The summed E-state index contributed by atoms with van der Waals surface area (Å²) in [4.78, 5) is 0. The molecule has 2 aromatic carbocycles. The van der Waals surface area contributed by atoms with Gasteiger partial charge in [-0.05, 0) is 42.2 Å². The van der Waals surface area contributed by atoms with Gasteiger partial charge in [0, 0.05) is 11.5 Å². The third-order valence-corrected chi connectivity index (χ3v) is 4.33. The first-order chi connectivity index (χ1) is 9.95. The number of hydrogen-bond donors (Lipinski definition) is 2. The monoisotopic (exact) mass is 286 g/mol. The maximum atomic E-state index is 13.5. The standard InChI is InChI=1S/C18H23FN2/c1-13-9-10-16(19)11-14(13)12-17(21-20)18(2,3)15-7-5-4-6-8-15/h4-11,17,21H,12,20H2,1-3H3. The quantitative estimate of drug-likeness (QED) is 0.652. The van der Waals surface area contributed by atoms with E-state index >= 15 is 0 Å². The van der Waals surface area contributed by atoms with Crippen LogP contribution in [-0.2, 0) is 11.8 Å². The predicted molar refractivity (Wildman–Crippen MR) is 85.4 cm³/mol. The minimum atomic E-state index is -0.205. The lowest BCUT2D eigenvalue weighted by Gasteiger charge is -2.35. The Morgan fingerprint density at radius 2 is 1.81 bits per heavy atom. The second-order valence-corrected chi connectivity index (χ2v) is 6.08. The fraction of sp³-hybridized carbons (Fsp3) is 0.333. The van der Waals surface area contributed by atoms with Crippen LogP contribution < -0.4 is 11.3 Å². The van der Waals surface area contributed by atoms with Crippen molar-refractivity contribution in [2.45, 2.75) is 38.6 Å². The van der Waals surface area contributed by atoms with Gasteiger partial charge in [-0.25, -0.2) is 4.39 Å². The Bertz CT molecular complexity index is 593. The summed E-state index contributed by atoms with van der Waals surface area (Å²) in [5.41, 5.74) is 6.04. The molecule has 3 heteroatoms. The molecule has 0 aliphatic rings. The van der Waals surface area contributed by atoms with Gasteiger partial charge in [-0.1, -0.05) is 50.2 Å². The summed E-state index contributed by atoms with van der Waals surface area (Å²) in [7, 11) is 0. The molecular formula is C18H23FN2. The average Bonchev–Trinajstić information content (AvgIpc) is 2.48. The summed E-state index contributed by atoms with van der Waals surface area (Å²) in [5, 5.41) is 0. The molecule has 112 valence electrons. The second-order valence-electron chi connectivity index (χ2n) is 6.08. The predicted octanol–water partition coefficient (Wildman–Crippen LogP) is 3.49. The van der Waals surface area contributed by atoms with Gasteiger partial charge in [0.15, 0.2) is 0 Å². The van der Waals surface area contributed by atoms with Crippen molar-refractivity contribution in [3.63, 3.8) is 0 Å². The molecule has 0 radical (unpaired) electrons. The fourth-order valence-electron chi connectivity index (χ4n) is 2.67. The third-order valence-electron chi connectivity index (χ3n) is 4.33. The van der Waals surface area contributed by atoms with E-state index in [2.05, 4.69) is 31.4 Å². The molecule has 0 aromatic heterocycles. The van der Waals surface area contributed by atoms with E-state index in [1.807, 2.05) is 31.2 Å². The number of nitrogens with one attached hydrogen (secondary N) is 1. The molecule has 2 nitrogen and oxygen atoms in total. The first kappa shape index (κ1) is 15.7. The summed E-state index contributed by atoms with van der Waals surface area (Å²) in [6.07, 6.45) is 0.683. The molecule has 21 heavy (non-hydrogen) atoms. The Morgan fingerprint density at radius 3 is 2.43 bits per heavy atom. The van der Waals surface area contributed by atoms with Crippen LogP contribution in [0.15, 0.2) is 48.5 Å². The van der Waals surface area contributed by atoms with E-state index in [-0.39, 0.29) is 17.3 Å². The Kier molecular flexibility index (Phi) is 4.76. The maximum Gasteiger partial charge on any atom is 0.123 e. The maximum absolute atomic E-state index is 13.5. The van der Waals surface area contributed by atoms with E-state index in [4.69, 9.17) is 5.84 Å². The zero-order valence-corrected chi connectivity index (χ0v) is 12.9. The molecule has 3 N–H and O–H groups in total. The number of hydrazine groups is 1. The molecule has 0 bridgehead atoms. The van der Waals surface area contributed by atoms with E-state index in [1.165, 1.54) is 11.6 Å². The zero-order valence-electron chi connectivity index (χ0n) is 12.9. The normalized spacial score (nSPS) is 13.2. The molecule has 1 atom stereocenters. The van der Waals surface area contributed by atoms with Gasteiger partial charge >= 0.3 is 0 Å². The number of rotatable bonds is 5. The van der Waals surface area contributed by atoms with Crippen molar-refractivity contribution in [1.82, 2.24) is 5.43 Å². The van der Waals surface area contributed by atoms with Gasteiger partial charge in [0.05, 0.1) is 0 Å². The van der Waals surface area contributed by atoms with Crippen LogP contribution in [0.3, 0.4) is 0 Å². The molecule has 0 spiro atoms. The molecule has 0 aliphatic carbocycles. The summed E-state index contributed by atoms with van der Waals surface area (Å²) in [6, 6.07) is 15.2. The molecule has 2 aromatic rings. The first-order valence-corrected chi connectivity index (χ1v) is 7.22. The molecular weight excluding hydrogens is 263 g/mol. The van der Waals surface area contributed by atoms with Crippen LogP contribution in [0.1, 0.15) is 30.5 Å². The zero-order chi connectivity index (χ0) is 15.5. The van der Waals surface area contributed by atoms with Crippen molar-refractivity contribution in [3.05, 3.63) is 71.0 Å². The number of hydrogen-bond acceptors (Lipinski definition) is 2. The Labute approximate surface area is 126 Å². The summed E-state index contributed by atoms with van der Waals surface area (Å²) in [6.45, 7) is 6.31. The minimum absolute atomic E-state index is 0.0143. The highest BCUT2D eigenvalue weighted by molar-refractivity contribution is 5.31. The number of benzene rings is 2. The minimum Gasteiger partial charge on any atom is -0.271 e. The van der Waals surface area contributed by atoms with Crippen molar-refractivity contribution in [1.29, 1.82) is 0 Å². The number of aryl methyl sites for hydroxylation is 1. The van der Waals surface area contributed by atoms with Gasteiger partial charge in [0.2, 0.25) is 0 Å². The molecule has 0 saturated carbocycles. The van der Waals surface area contributed by atoms with Gasteiger partial charge in [0.25, 0.3) is 0 Å². The van der Waals surface area contributed by atoms with Gasteiger partial charge in [-0.2, -0.15) is 0 Å². The summed E-state index contributed by atoms with van der Waals surface area (Å²) >= 11 is 0. The molecule has 0 fully saturated rings. The van der Waals surface area contributed by atoms with Gasteiger partial charge in [0.1, 0.15) is 5.82 Å². The van der Waals surface area contributed by atoms with Crippen molar-refractivity contribution >= 4 is 0 Å². The van der Waals surface area contributed by atoms with Crippen molar-refractivity contribution in [2.24, 2.45) is 5.84 Å². The van der Waals surface area contributed by atoms with Crippen molar-refractivity contribution in [2.75, 3.05) is 0 Å². The van der Waals surface area contributed by atoms with Gasteiger partial charge in [-0.15, -0.1) is 0 Å². The Balaban J connectivity index is 2.29. The molecule has 0 aliphatic heterocycles. The Hall–Kier alpha value is -1.71. The van der Waals surface area contributed by atoms with Crippen LogP contribution in [0.5, 0.6) is 0 Å². The fourth-order valence-corrected chi connectivity index (χ4v) is 2.67. The largest absolute Gasteiger partial charge is 0.271 e. The smallest absolute Gasteiger partial charge is 0.123 e. The highest BCUT2D eigenvalue weighted by Crippen LogP contribution is 2.29. The number of halogens is 1. The van der Waals surface area contributed by atoms with Crippen LogP contribution in [-0.4, -0.2) is 6.04 Å². The lowest BCUT2D eigenvalue weighted by molar-refractivity contribution is 0.341. The summed E-state index contributed by atoms with van der Waals surface area (Å²) in [5.74, 6) is 5.58. The van der Waals surface area contributed by atoms with E-state index in [0.29, 0.717) is 6.42 Å². The van der Waals surface area contributed by atoms with Crippen molar-refractivity contribution in [3.8, 4) is 0 Å². The van der Waals surface area contributed by atoms with Crippen LogP contribution >= 0.6 is 0 Å². The molecule has 2 rings (SSSR count). The van der Waals surface area contributed by atoms with E-state index < -0.39 is 0 Å². The molecule has 1 unspecified atom stereocenters. The van der Waals surface area contributed by atoms with E-state index in [9.17, 15) is 4.39 Å². The van der Waals surface area contributed by atoms with Crippen LogP contribution in [0.2, 0.25) is 0 Å².